The summed E-state index contributed by atoms with van der Waals surface area (Å²) >= 11 is 0. The second kappa shape index (κ2) is 50.4. The Morgan fingerprint density at radius 1 is 0.106 bits per heavy atom. The molecular formula is C112H114N2O28. The quantitative estimate of drug-likeness (QED) is 0.0320. The minimum Gasteiger partial charge on any atom is -0.497 e. The van der Waals surface area contributed by atoms with Gasteiger partial charge in [0, 0.05) is 109 Å². The maximum atomic E-state index is 6.88. The first kappa shape index (κ1) is 101. The van der Waals surface area contributed by atoms with Crippen LogP contribution in [0.5, 0.6) is 161 Å². The molecule has 0 bridgehead atoms. The van der Waals surface area contributed by atoms with Gasteiger partial charge in [-0.05, 0) is 212 Å². The van der Waals surface area contributed by atoms with Crippen LogP contribution in [0.1, 0.15) is 66.8 Å². The van der Waals surface area contributed by atoms with Crippen molar-refractivity contribution in [2.45, 2.75) is 79.3 Å². The molecule has 0 heterocycles. The molecule has 0 aromatic heterocycles. The molecule has 0 aliphatic heterocycles. The summed E-state index contributed by atoms with van der Waals surface area (Å²) in [6.07, 6.45) is 0. The molecule has 0 spiro atoms. The van der Waals surface area contributed by atoms with Gasteiger partial charge in [-0.2, -0.15) is 10.2 Å². The normalized spacial score (nSPS) is 10.8. The largest absolute Gasteiger partial charge is 0.497 e. The molecule has 0 aliphatic carbocycles. The van der Waals surface area contributed by atoms with E-state index in [1.807, 2.05) is 170 Å². The molecule has 0 radical (unpaired) electrons. The van der Waals surface area contributed by atoms with Gasteiger partial charge in [0.2, 0.25) is 0 Å². The van der Waals surface area contributed by atoms with Crippen molar-refractivity contribution < 1.29 is 133 Å². The molecule has 30 heteroatoms. The van der Waals surface area contributed by atoms with Crippen LogP contribution in [0.3, 0.4) is 0 Å². The minimum atomic E-state index is -0.0265. The molecule has 30 nitrogen and oxygen atoms in total. The molecule has 142 heavy (non-hydrogen) atoms. The summed E-state index contributed by atoms with van der Waals surface area (Å²) in [5, 5.41) is 9.97. The average Bonchev–Trinajstić information content (AvgIpc) is 0.827. The smallest absolute Gasteiger partial charge is 0.125 e. The summed E-state index contributed by atoms with van der Waals surface area (Å²) in [4.78, 5) is 0. The molecule has 0 N–H and O–H groups in total. The molecule has 0 unspecified atom stereocenters. The van der Waals surface area contributed by atoms with Crippen molar-refractivity contribution in [3.8, 4) is 161 Å². The SMILES string of the molecule is COc1cc(COc2cc(COc3cc(N=Nc4cc(OCc5cc(OCc6cc(OC)cc(OC)c6)cc(OCc6cc(OC)cc(OC)c6)c5)cc(OCc5cc(OCc6cc(OC)cc(OC)c6)cc(OCc6cc(OC)cc(OC)c6)c5)c4)cc(OCc4cc(OCc5cc(OC)cc(OC)c5)cc(OCc5cc(OC)cc(OC)c5)c4)c3)cc(OCc3cc(OC)cc(OC)c3)c2)cc(OC)c1. The Kier molecular flexibility index (Phi) is 35.9. The maximum absolute atomic E-state index is 6.88. The van der Waals surface area contributed by atoms with Gasteiger partial charge in [0.15, 0.2) is 0 Å². The van der Waals surface area contributed by atoms with E-state index in [-0.39, 0.29) is 79.3 Å². The molecule has 14 aromatic carbocycles. The van der Waals surface area contributed by atoms with Gasteiger partial charge in [-0.15, -0.1) is 0 Å². The minimum absolute atomic E-state index is 0.0265. The summed E-state index contributed by atoms with van der Waals surface area (Å²) in [6.45, 7) is 0.979. The van der Waals surface area contributed by atoms with E-state index in [4.69, 9.17) is 143 Å². The molecule has 0 amide bonds. The number of benzene rings is 14. The van der Waals surface area contributed by atoms with E-state index in [0.29, 0.717) is 195 Å². The lowest BCUT2D eigenvalue weighted by molar-refractivity contribution is 0.275. The Morgan fingerprint density at radius 2 is 0.183 bits per heavy atom. The van der Waals surface area contributed by atoms with Crippen LogP contribution in [0.25, 0.3) is 0 Å². The van der Waals surface area contributed by atoms with E-state index >= 15 is 0 Å². The van der Waals surface area contributed by atoms with Gasteiger partial charge in [-0.3, -0.25) is 0 Å². The van der Waals surface area contributed by atoms with Gasteiger partial charge in [-0.25, -0.2) is 0 Å². The Hall–Kier alpha value is -16.9. The monoisotopic (exact) mass is 1930 g/mol. The molecule has 0 atom stereocenters. The summed E-state index contributed by atoms with van der Waals surface area (Å²) in [5.41, 5.74) is 9.60. The van der Waals surface area contributed by atoms with Crippen molar-refractivity contribution in [3.05, 3.63) is 322 Å². The zero-order chi connectivity index (χ0) is 99.6. The van der Waals surface area contributed by atoms with Gasteiger partial charge in [-0.1, -0.05) is 0 Å². The second-order valence-electron chi connectivity index (χ2n) is 32.0. The Balaban J connectivity index is 0.845. The van der Waals surface area contributed by atoms with Gasteiger partial charge in [0.05, 0.1) is 125 Å². The third-order valence-electron chi connectivity index (χ3n) is 21.9. The fraction of sp³-hybridized carbons (Fsp3) is 0.250. The van der Waals surface area contributed by atoms with Crippen LogP contribution in [-0.4, -0.2) is 114 Å². The zero-order valence-corrected chi connectivity index (χ0v) is 82.1. The highest BCUT2D eigenvalue weighted by molar-refractivity contribution is 5.56. The highest BCUT2D eigenvalue weighted by Crippen LogP contribution is 2.41. The number of methoxy groups -OCH3 is 16. The summed E-state index contributed by atoms with van der Waals surface area (Å²) in [5.74, 6) is 14.7. The predicted molar refractivity (Wildman–Crippen MR) is 531 cm³/mol. The van der Waals surface area contributed by atoms with Gasteiger partial charge >= 0.3 is 0 Å². The summed E-state index contributed by atoms with van der Waals surface area (Å²) < 4.78 is 170. The fourth-order valence-corrected chi connectivity index (χ4v) is 14.8. The van der Waals surface area contributed by atoms with E-state index in [9.17, 15) is 0 Å². The van der Waals surface area contributed by atoms with Crippen molar-refractivity contribution in [1.82, 2.24) is 0 Å². The average molecular weight is 1940 g/mol. The van der Waals surface area contributed by atoms with Crippen LogP contribution >= 0.6 is 0 Å². The number of hydrogen-bond donors (Lipinski definition) is 0. The van der Waals surface area contributed by atoms with Crippen LogP contribution in [-0.2, 0) is 79.3 Å². The Morgan fingerprint density at radius 3 is 0.275 bits per heavy atom. The van der Waals surface area contributed by atoms with Crippen LogP contribution in [0.2, 0.25) is 0 Å². The molecule has 14 aromatic rings. The summed E-state index contributed by atoms with van der Waals surface area (Å²) in [6, 6.07) is 77.1. The van der Waals surface area contributed by atoms with Gasteiger partial charge in [0.1, 0.15) is 240 Å². The van der Waals surface area contributed by atoms with E-state index in [2.05, 4.69) is 0 Å². The predicted octanol–water partition coefficient (Wildman–Crippen LogP) is 23.2. The van der Waals surface area contributed by atoms with Crippen LogP contribution in [0, 0.1) is 0 Å². The maximum Gasteiger partial charge on any atom is 0.125 e. The first-order valence-electron chi connectivity index (χ1n) is 44.9. The number of nitrogens with zero attached hydrogens (tertiary/aromatic N) is 2. The number of azo groups is 1. The first-order chi connectivity index (χ1) is 69.3. The molecule has 14 rings (SSSR count). The van der Waals surface area contributed by atoms with Crippen LogP contribution < -0.4 is 133 Å². The number of ether oxygens (including phenoxy) is 28. The van der Waals surface area contributed by atoms with Gasteiger partial charge in [0.25, 0.3) is 0 Å². The third-order valence-corrected chi connectivity index (χ3v) is 21.9. The number of hydrogen-bond acceptors (Lipinski definition) is 30. The van der Waals surface area contributed by atoms with Gasteiger partial charge < -0.3 is 133 Å². The fourth-order valence-electron chi connectivity index (χ4n) is 14.8. The van der Waals surface area contributed by atoms with Crippen molar-refractivity contribution in [3.63, 3.8) is 0 Å². The number of rotatable bonds is 54. The van der Waals surface area contributed by atoms with E-state index in [1.54, 1.807) is 199 Å². The third kappa shape index (κ3) is 29.8. The summed E-state index contributed by atoms with van der Waals surface area (Å²) in [7, 11) is 25.5. The highest BCUT2D eigenvalue weighted by Gasteiger charge is 2.20. The van der Waals surface area contributed by atoms with E-state index < -0.39 is 0 Å². The lowest BCUT2D eigenvalue weighted by Crippen LogP contribution is -2.03. The molecule has 0 aliphatic rings. The second-order valence-corrected chi connectivity index (χ2v) is 32.0. The van der Waals surface area contributed by atoms with Crippen molar-refractivity contribution >= 4 is 11.4 Å². The van der Waals surface area contributed by atoms with Crippen LogP contribution in [0.15, 0.2) is 265 Å². The highest BCUT2D eigenvalue weighted by atomic mass is 16.5. The first-order valence-corrected chi connectivity index (χ1v) is 44.9. The Bertz CT molecular complexity index is 5350. The van der Waals surface area contributed by atoms with Crippen molar-refractivity contribution in [2.75, 3.05) is 114 Å². The molecule has 740 valence electrons. The lowest BCUT2D eigenvalue weighted by Gasteiger charge is -2.16. The molecule has 0 saturated carbocycles. The Labute approximate surface area is 825 Å². The van der Waals surface area contributed by atoms with Crippen molar-refractivity contribution in [2.24, 2.45) is 10.2 Å². The molecule has 0 fully saturated rings. The zero-order valence-electron chi connectivity index (χ0n) is 82.1. The van der Waals surface area contributed by atoms with Crippen molar-refractivity contribution in [1.29, 1.82) is 0 Å². The lowest BCUT2D eigenvalue weighted by atomic mass is 10.2. The van der Waals surface area contributed by atoms with E-state index in [0.717, 1.165) is 44.5 Å². The molecule has 0 saturated heterocycles. The molecular weight excluding hydrogens is 1820 g/mol. The standard InChI is InChI=1S/C112H114N2O28/c1-115-85-17-71(18-86(45-85)116-2)59-131-101-33-79(34-102(53-101)132-60-72-19-87(117-3)46-88(20-72)118-4)67-139-109-41-83(42-110(57-109)140-68-80-35-103(133-61-73-21-89(119-5)47-90(22-73)120-6)54-104(36-80)134-62-74-23-91(121-7)48-92(24-74)122-8)113-114-84-43-111(141-69-81-37-105(135-63-75-25-93(123-9)49-94(26-75)124-10)55-106(38-81)136-64-76-27-95(125-11)50-96(28-76)126-12)58-112(44-84)142-70-82-39-107(137-65-77-29-97(127-13)51-98(30-77)128-14)56-108(40-82)138-66-78-31-99(129-15)52-100(32-78)130-16/h17-58H,59-70H2,1-16H3. The van der Waals surface area contributed by atoms with Crippen LogP contribution in [0.4, 0.5) is 11.4 Å². The van der Waals surface area contributed by atoms with E-state index in [1.165, 1.54) is 0 Å². The topological polar surface area (TPSA) is 283 Å².